The molecule has 10 rings (SSSR count). The fraction of sp³-hybridized carbons (Fsp3) is 0.113. The Labute approximate surface area is 323 Å². The Morgan fingerprint density at radius 1 is 0.436 bits per heavy atom. The second-order valence-electron chi connectivity index (χ2n) is 16.1. The summed E-state index contributed by atoms with van der Waals surface area (Å²) in [7, 11) is 0. The number of hydrogen-bond donors (Lipinski definition) is 0. The lowest BCUT2D eigenvalue weighted by atomic mass is 9.75. The first kappa shape index (κ1) is 33.1. The third-order valence-electron chi connectivity index (χ3n) is 12.0. The van der Waals surface area contributed by atoms with Gasteiger partial charge < -0.3 is 4.90 Å². The van der Waals surface area contributed by atoms with Crippen molar-refractivity contribution in [2.24, 2.45) is 0 Å². The van der Waals surface area contributed by atoms with Crippen LogP contribution in [0.25, 0.3) is 56.1 Å². The average molecular weight is 707 g/mol. The van der Waals surface area contributed by atoms with Crippen LogP contribution in [0.5, 0.6) is 0 Å². The van der Waals surface area contributed by atoms with Gasteiger partial charge in [0, 0.05) is 39.7 Å². The predicted molar refractivity (Wildman–Crippen MR) is 234 cm³/mol. The summed E-state index contributed by atoms with van der Waals surface area (Å²) in [6.07, 6.45) is 6.40. The Kier molecular flexibility index (Phi) is 7.54. The lowest BCUT2D eigenvalue weighted by Crippen LogP contribution is -2.19. The number of hydrogen-bond acceptors (Lipinski definition) is 2. The second-order valence-corrected chi connectivity index (χ2v) is 16.1. The number of rotatable bonds is 6. The summed E-state index contributed by atoms with van der Waals surface area (Å²) < 4.78 is 0. The van der Waals surface area contributed by atoms with Gasteiger partial charge in [0.05, 0.1) is 5.69 Å². The highest BCUT2D eigenvalue weighted by Crippen LogP contribution is 2.62. The molecule has 0 bridgehead atoms. The summed E-state index contributed by atoms with van der Waals surface area (Å²) in [4.78, 5) is 6.99. The molecule has 0 saturated heterocycles. The lowest BCUT2D eigenvalue weighted by Gasteiger charge is -2.28. The highest BCUT2D eigenvalue weighted by molar-refractivity contribution is 6.10. The number of benzene rings is 7. The van der Waals surface area contributed by atoms with Crippen molar-refractivity contribution in [3.8, 4) is 11.3 Å². The summed E-state index contributed by atoms with van der Waals surface area (Å²) in [5.74, 6) is 0. The van der Waals surface area contributed by atoms with Crippen molar-refractivity contribution in [2.45, 2.75) is 38.5 Å². The van der Waals surface area contributed by atoms with Crippen molar-refractivity contribution in [3.63, 3.8) is 0 Å². The Morgan fingerprint density at radius 2 is 0.982 bits per heavy atom. The Hall–Kier alpha value is -6.51. The van der Waals surface area contributed by atoms with Crippen LogP contribution in [0.1, 0.15) is 61.1 Å². The molecule has 7 aromatic carbocycles. The van der Waals surface area contributed by atoms with E-state index in [-0.39, 0.29) is 10.8 Å². The molecule has 2 nitrogen and oxygen atoms in total. The fourth-order valence-corrected chi connectivity index (χ4v) is 9.24. The van der Waals surface area contributed by atoms with Crippen LogP contribution in [0.4, 0.5) is 17.1 Å². The van der Waals surface area contributed by atoms with Crippen molar-refractivity contribution in [3.05, 3.63) is 203 Å². The molecule has 0 unspecified atom stereocenters. The molecule has 0 fully saturated rings. The molecule has 1 heterocycles. The number of aromatic nitrogens is 1. The Morgan fingerprint density at radius 3 is 1.69 bits per heavy atom. The van der Waals surface area contributed by atoms with Gasteiger partial charge in [-0.2, -0.15) is 0 Å². The van der Waals surface area contributed by atoms with Crippen molar-refractivity contribution in [2.75, 3.05) is 4.90 Å². The van der Waals surface area contributed by atoms with E-state index in [9.17, 15) is 0 Å². The first-order valence-electron chi connectivity index (χ1n) is 19.3. The van der Waals surface area contributed by atoms with Crippen molar-refractivity contribution >= 4 is 61.9 Å². The molecule has 0 N–H and O–H groups in total. The average Bonchev–Trinajstić information content (AvgIpc) is 3.61. The molecule has 2 aliphatic carbocycles. The smallest absolute Gasteiger partial charge is 0.0702 e. The lowest BCUT2D eigenvalue weighted by molar-refractivity contribution is 0.694. The zero-order chi connectivity index (χ0) is 37.3. The molecule has 8 aromatic rings. The Balaban J connectivity index is 0.942. The molecule has 0 radical (unpaired) electrons. The van der Waals surface area contributed by atoms with Gasteiger partial charge in [-0.05, 0) is 127 Å². The molecular weight excluding hydrogens is 665 g/mol. The Bertz CT molecular complexity index is 2860. The normalized spacial score (nSPS) is 15.1. The highest BCUT2D eigenvalue weighted by atomic mass is 15.1. The molecule has 2 aliphatic rings. The van der Waals surface area contributed by atoms with Gasteiger partial charge in [0.1, 0.15) is 0 Å². The van der Waals surface area contributed by atoms with Gasteiger partial charge in [-0.3, -0.25) is 4.98 Å². The van der Waals surface area contributed by atoms with Crippen LogP contribution in [0.2, 0.25) is 0 Å². The molecule has 0 spiro atoms. The number of para-hydroxylation sites is 1. The van der Waals surface area contributed by atoms with E-state index in [1.807, 2.05) is 12.3 Å². The number of fused-ring (bicyclic) bond motifs is 6. The van der Waals surface area contributed by atoms with E-state index in [4.69, 9.17) is 0 Å². The maximum Gasteiger partial charge on any atom is 0.0702 e. The largest absolute Gasteiger partial charge is 0.310 e. The molecular formula is C53H42N2. The number of nitrogens with zero attached hydrogens (tertiary/aromatic N) is 2. The summed E-state index contributed by atoms with van der Waals surface area (Å²) >= 11 is 0. The minimum Gasteiger partial charge on any atom is -0.310 e. The van der Waals surface area contributed by atoms with Gasteiger partial charge in [0.25, 0.3) is 0 Å². The van der Waals surface area contributed by atoms with Crippen molar-refractivity contribution in [1.82, 2.24) is 4.98 Å². The third-order valence-corrected chi connectivity index (χ3v) is 12.0. The maximum atomic E-state index is 4.64. The first-order chi connectivity index (χ1) is 26.8. The number of allylic oxidation sites excluding steroid dienone is 2. The van der Waals surface area contributed by atoms with Crippen molar-refractivity contribution < 1.29 is 0 Å². The van der Waals surface area contributed by atoms with Gasteiger partial charge in [0.15, 0.2) is 0 Å². The zero-order valence-corrected chi connectivity index (χ0v) is 31.7. The van der Waals surface area contributed by atoms with E-state index in [2.05, 4.69) is 207 Å². The van der Waals surface area contributed by atoms with E-state index in [0.29, 0.717) is 0 Å². The van der Waals surface area contributed by atoms with Gasteiger partial charge in [0.2, 0.25) is 0 Å². The number of pyridine rings is 1. The van der Waals surface area contributed by atoms with Gasteiger partial charge in [-0.1, -0.05) is 143 Å². The molecule has 55 heavy (non-hydrogen) atoms. The van der Waals surface area contributed by atoms with Crippen LogP contribution in [0.15, 0.2) is 170 Å². The zero-order valence-electron chi connectivity index (χ0n) is 31.7. The van der Waals surface area contributed by atoms with Crippen LogP contribution in [0, 0.1) is 0 Å². The molecule has 1 aromatic heterocycles. The molecule has 0 aliphatic heterocycles. The number of anilines is 3. The summed E-state index contributed by atoms with van der Waals surface area (Å²) in [6.45, 7) is 9.58. The van der Waals surface area contributed by atoms with E-state index in [1.54, 1.807) is 0 Å². The van der Waals surface area contributed by atoms with Crippen LogP contribution >= 0.6 is 0 Å². The van der Waals surface area contributed by atoms with Gasteiger partial charge in [-0.15, -0.1) is 0 Å². The molecule has 0 atom stereocenters. The first-order valence-corrected chi connectivity index (χ1v) is 19.3. The van der Waals surface area contributed by atoms with Crippen LogP contribution < -0.4 is 4.90 Å². The van der Waals surface area contributed by atoms with E-state index in [1.165, 1.54) is 71.6 Å². The second kappa shape index (κ2) is 12.5. The predicted octanol–water partition coefficient (Wildman–Crippen LogP) is 14.2. The SMILES string of the molecule is CC1(C)C2=C(c3ccc(/C=C/c4ccc5cc(N(c6ccccc6)c6ccc7ccccc7c6)ccc5c4)cc31)C(C)(C)c1cc(-c3ccccn3)ccc12. The summed E-state index contributed by atoms with van der Waals surface area (Å²) in [5, 5.41) is 4.91. The standard InChI is InChI=1S/C53H42N2/c1-52(2)47-31-36(20-27-45(47)50-51(52)46-28-24-41(34-48(46)53(50,3)4)49-16-10-11-29-54-49)18-17-35-19-21-40-33-44(26-23-39(40)30-35)55(42-14-6-5-7-15-42)43-25-22-37-12-8-9-13-38(37)32-43/h5-34H,1-4H3/b18-17+. The van der Waals surface area contributed by atoms with Crippen LogP contribution in [-0.4, -0.2) is 4.98 Å². The van der Waals surface area contributed by atoms with E-state index < -0.39 is 0 Å². The van der Waals surface area contributed by atoms with E-state index >= 15 is 0 Å². The summed E-state index contributed by atoms with van der Waals surface area (Å²) in [5.41, 5.74) is 16.3. The van der Waals surface area contributed by atoms with Crippen molar-refractivity contribution in [1.29, 1.82) is 0 Å². The monoisotopic (exact) mass is 706 g/mol. The summed E-state index contributed by atoms with van der Waals surface area (Å²) in [6, 6.07) is 59.6. The highest BCUT2D eigenvalue weighted by Gasteiger charge is 2.49. The minimum absolute atomic E-state index is 0.103. The third kappa shape index (κ3) is 5.43. The quantitative estimate of drug-likeness (QED) is 0.160. The molecule has 0 saturated carbocycles. The van der Waals surface area contributed by atoms with Crippen LogP contribution in [-0.2, 0) is 10.8 Å². The van der Waals surface area contributed by atoms with Gasteiger partial charge in [-0.25, -0.2) is 0 Å². The topological polar surface area (TPSA) is 16.1 Å². The van der Waals surface area contributed by atoms with Crippen LogP contribution in [0.3, 0.4) is 0 Å². The molecule has 0 amide bonds. The molecule has 2 heteroatoms. The maximum absolute atomic E-state index is 4.64. The van der Waals surface area contributed by atoms with E-state index in [0.717, 1.165) is 22.8 Å². The fourth-order valence-electron chi connectivity index (χ4n) is 9.24. The molecule has 264 valence electrons. The minimum atomic E-state index is -0.106. The van der Waals surface area contributed by atoms with Gasteiger partial charge >= 0.3 is 0 Å².